The Morgan fingerprint density at radius 1 is 1.14 bits per heavy atom. The van der Waals surface area contributed by atoms with Gasteiger partial charge in [-0.3, -0.25) is 0 Å². The van der Waals surface area contributed by atoms with Gasteiger partial charge in [0.05, 0.1) is 0 Å². The van der Waals surface area contributed by atoms with E-state index in [4.69, 9.17) is 0 Å². The van der Waals surface area contributed by atoms with E-state index in [2.05, 4.69) is 45.2 Å². The van der Waals surface area contributed by atoms with Crippen LogP contribution in [0, 0.1) is 0 Å². The third-order valence-electron chi connectivity index (χ3n) is 2.00. The Hall–Kier alpha value is -1.30. The smallest absolute Gasteiger partial charge is 0.0228 e. The average Bonchev–Trinajstić information content (AvgIpc) is 2.22. The van der Waals surface area contributed by atoms with Crippen molar-refractivity contribution in [2.45, 2.75) is 27.2 Å². The molecule has 0 heterocycles. The summed E-state index contributed by atoms with van der Waals surface area (Å²) < 4.78 is 0. The van der Waals surface area contributed by atoms with Crippen molar-refractivity contribution in [3.05, 3.63) is 60.3 Å². The van der Waals surface area contributed by atoms with Gasteiger partial charge in [-0.25, -0.2) is 0 Å². The number of rotatable bonds is 5. The molecular formula is C14H20. The fraction of sp³-hybridized carbons (Fsp3) is 0.286. The summed E-state index contributed by atoms with van der Waals surface area (Å²) in [4.78, 5) is 0. The summed E-state index contributed by atoms with van der Waals surface area (Å²) in [6.45, 7) is 13.8. The van der Waals surface area contributed by atoms with Crippen molar-refractivity contribution in [3.8, 4) is 0 Å². The third-order valence-corrected chi connectivity index (χ3v) is 2.00. The molecule has 0 heteroatoms. The van der Waals surface area contributed by atoms with Crippen molar-refractivity contribution in [2.75, 3.05) is 0 Å². The van der Waals surface area contributed by atoms with Crippen LogP contribution in [0.4, 0.5) is 0 Å². The molecule has 0 aromatic heterocycles. The second-order valence-corrected chi connectivity index (χ2v) is 3.25. The normalized spacial score (nSPS) is 14.1. The molecule has 0 rings (SSSR count). The molecule has 0 unspecified atom stereocenters. The van der Waals surface area contributed by atoms with E-state index in [1.165, 1.54) is 16.7 Å². The topological polar surface area (TPSA) is 0 Å². The minimum atomic E-state index is 1.05. The van der Waals surface area contributed by atoms with Gasteiger partial charge in [-0.05, 0) is 31.4 Å². The Labute approximate surface area is 88.0 Å². The lowest BCUT2D eigenvalue weighted by molar-refractivity contribution is 1.22. The maximum atomic E-state index is 3.78. The van der Waals surface area contributed by atoms with Crippen molar-refractivity contribution in [1.29, 1.82) is 0 Å². The molecule has 0 amide bonds. The van der Waals surface area contributed by atoms with E-state index in [1.807, 2.05) is 19.1 Å². The van der Waals surface area contributed by atoms with Gasteiger partial charge < -0.3 is 0 Å². The summed E-state index contributed by atoms with van der Waals surface area (Å²) in [5, 5.41) is 0. The fourth-order valence-electron chi connectivity index (χ4n) is 0.960. The molecule has 0 radical (unpaired) electrons. The van der Waals surface area contributed by atoms with Crippen LogP contribution in [0.3, 0.4) is 0 Å². The first-order valence-electron chi connectivity index (χ1n) is 4.96. The van der Waals surface area contributed by atoms with Crippen molar-refractivity contribution in [1.82, 2.24) is 0 Å². The second kappa shape index (κ2) is 7.14. The summed E-state index contributed by atoms with van der Waals surface area (Å²) in [6.07, 6.45) is 11.2. The highest BCUT2D eigenvalue weighted by molar-refractivity contribution is 5.42. The van der Waals surface area contributed by atoms with Gasteiger partial charge in [-0.15, -0.1) is 0 Å². The molecule has 0 saturated carbocycles. The SMILES string of the molecule is C=C\C(C)=C/C(/C=C\CC)=C(\C)C=C. The van der Waals surface area contributed by atoms with Crippen molar-refractivity contribution in [3.63, 3.8) is 0 Å². The second-order valence-electron chi connectivity index (χ2n) is 3.25. The lowest BCUT2D eigenvalue weighted by Crippen LogP contribution is -1.80. The third kappa shape index (κ3) is 4.66. The number of hydrogen-bond acceptors (Lipinski definition) is 0. The zero-order chi connectivity index (χ0) is 11.0. The molecular weight excluding hydrogens is 168 g/mol. The Kier molecular flexibility index (Phi) is 6.47. The molecule has 0 N–H and O–H groups in total. The van der Waals surface area contributed by atoms with E-state index in [0.29, 0.717) is 0 Å². The lowest BCUT2D eigenvalue weighted by Gasteiger charge is -2.00. The molecule has 14 heavy (non-hydrogen) atoms. The van der Waals surface area contributed by atoms with Gasteiger partial charge in [0.25, 0.3) is 0 Å². The van der Waals surface area contributed by atoms with Crippen LogP contribution in [0.2, 0.25) is 0 Å². The van der Waals surface area contributed by atoms with Gasteiger partial charge in [0, 0.05) is 0 Å². The van der Waals surface area contributed by atoms with Crippen molar-refractivity contribution < 1.29 is 0 Å². The first kappa shape index (κ1) is 12.7. The predicted molar refractivity (Wildman–Crippen MR) is 66.3 cm³/mol. The Bertz CT molecular complexity index is 285. The minimum absolute atomic E-state index is 1.05. The summed E-state index contributed by atoms with van der Waals surface area (Å²) in [7, 11) is 0. The molecule has 0 aromatic carbocycles. The van der Waals surface area contributed by atoms with E-state index < -0.39 is 0 Å². The lowest BCUT2D eigenvalue weighted by atomic mass is 10.1. The van der Waals surface area contributed by atoms with Gasteiger partial charge >= 0.3 is 0 Å². The first-order valence-corrected chi connectivity index (χ1v) is 4.96. The Balaban J connectivity index is 5.02. The number of hydrogen-bond donors (Lipinski definition) is 0. The van der Waals surface area contributed by atoms with Gasteiger partial charge in [0.1, 0.15) is 0 Å². The van der Waals surface area contributed by atoms with Crippen LogP contribution in [-0.4, -0.2) is 0 Å². The largest absolute Gasteiger partial charge is 0.0988 e. The standard InChI is InChI=1S/C14H20/c1-6-9-10-14(13(5)8-3)11-12(4)7-2/h7-11H,2-3,6H2,1,4-5H3/b10-9-,12-11-,14-13+. The quantitative estimate of drug-likeness (QED) is 0.554. The van der Waals surface area contributed by atoms with Crippen LogP contribution < -0.4 is 0 Å². The highest BCUT2D eigenvalue weighted by Crippen LogP contribution is 2.12. The molecule has 0 fully saturated rings. The minimum Gasteiger partial charge on any atom is -0.0988 e. The highest BCUT2D eigenvalue weighted by atomic mass is 14.0. The molecule has 0 aliphatic rings. The van der Waals surface area contributed by atoms with Gasteiger partial charge in [-0.1, -0.05) is 56.0 Å². The maximum Gasteiger partial charge on any atom is -0.0228 e. The van der Waals surface area contributed by atoms with Gasteiger partial charge in [-0.2, -0.15) is 0 Å². The van der Waals surface area contributed by atoms with Crippen LogP contribution >= 0.6 is 0 Å². The molecule has 0 nitrogen and oxygen atoms in total. The Morgan fingerprint density at radius 3 is 2.21 bits per heavy atom. The molecule has 0 aliphatic heterocycles. The van der Waals surface area contributed by atoms with E-state index in [1.54, 1.807) is 0 Å². The average molecular weight is 188 g/mol. The van der Waals surface area contributed by atoms with Crippen LogP contribution in [0.5, 0.6) is 0 Å². The van der Waals surface area contributed by atoms with E-state index in [-0.39, 0.29) is 0 Å². The first-order chi connectivity index (χ1) is 6.65. The monoisotopic (exact) mass is 188 g/mol. The highest BCUT2D eigenvalue weighted by Gasteiger charge is 1.92. The van der Waals surface area contributed by atoms with E-state index in [9.17, 15) is 0 Å². The Morgan fingerprint density at radius 2 is 1.79 bits per heavy atom. The predicted octanol–water partition coefficient (Wildman–Crippen LogP) is 4.59. The van der Waals surface area contributed by atoms with E-state index in [0.717, 1.165) is 6.42 Å². The van der Waals surface area contributed by atoms with E-state index >= 15 is 0 Å². The maximum absolute atomic E-state index is 3.78. The zero-order valence-corrected chi connectivity index (χ0v) is 9.51. The van der Waals surface area contributed by atoms with Crippen LogP contribution in [0.1, 0.15) is 27.2 Å². The summed E-state index contributed by atoms with van der Waals surface area (Å²) in [5.74, 6) is 0. The fourth-order valence-corrected chi connectivity index (χ4v) is 0.960. The van der Waals surface area contributed by atoms with Gasteiger partial charge in [0.2, 0.25) is 0 Å². The molecule has 0 saturated heterocycles. The summed E-state index contributed by atoms with van der Waals surface area (Å²) >= 11 is 0. The molecule has 0 atom stereocenters. The van der Waals surface area contributed by atoms with Crippen LogP contribution in [0.15, 0.2) is 60.3 Å². The molecule has 0 spiro atoms. The zero-order valence-electron chi connectivity index (χ0n) is 9.51. The van der Waals surface area contributed by atoms with Crippen molar-refractivity contribution in [2.24, 2.45) is 0 Å². The summed E-state index contributed by atoms with van der Waals surface area (Å²) in [6, 6.07) is 0. The number of allylic oxidation sites excluding steroid dienone is 8. The molecule has 0 bridgehead atoms. The molecule has 0 aliphatic carbocycles. The van der Waals surface area contributed by atoms with Crippen LogP contribution in [-0.2, 0) is 0 Å². The van der Waals surface area contributed by atoms with Crippen molar-refractivity contribution >= 4 is 0 Å². The molecule has 76 valence electrons. The summed E-state index contributed by atoms with van der Waals surface area (Å²) in [5.41, 5.74) is 3.57. The molecule has 0 aromatic rings. The van der Waals surface area contributed by atoms with Crippen LogP contribution in [0.25, 0.3) is 0 Å². The van der Waals surface area contributed by atoms with Gasteiger partial charge in [0.15, 0.2) is 0 Å².